The molecule has 0 atom stereocenters. The van der Waals surface area contributed by atoms with E-state index in [-0.39, 0.29) is 0 Å². The Kier molecular flexibility index (Phi) is 7.80. The highest BCUT2D eigenvalue weighted by atomic mass is 16.3. The second-order valence-electron chi connectivity index (χ2n) is 16.0. The first-order chi connectivity index (χ1) is 31.2. The molecule has 13 aromatic rings. The molecule has 0 N–H and O–H groups in total. The molecule has 0 spiro atoms. The molecule has 6 heteroatoms. The number of hydrogen-bond donors (Lipinski definition) is 0. The fourth-order valence-electron chi connectivity index (χ4n) is 9.52. The molecule has 6 nitrogen and oxygen atoms in total. The summed E-state index contributed by atoms with van der Waals surface area (Å²) < 4.78 is 11.4. The lowest BCUT2D eigenvalue weighted by atomic mass is 9.98. The minimum atomic E-state index is 0.559. The maximum absolute atomic E-state index is 6.73. The Morgan fingerprint density at radius 3 is 1.57 bits per heavy atom. The van der Waals surface area contributed by atoms with Crippen molar-refractivity contribution in [3.63, 3.8) is 0 Å². The van der Waals surface area contributed by atoms with Gasteiger partial charge < -0.3 is 8.98 Å². The third kappa shape index (κ3) is 5.55. The van der Waals surface area contributed by atoms with Gasteiger partial charge in [0.1, 0.15) is 11.2 Å². The smallest absolute Gasteiger partial charge is 0.238 e. The van der Waals surface area contributed by atoms with Crippen LogP contribution in [0, 0.1) is 0 Å². The fourth-order valence-corrected chi connectivity index (χ4v) is 9.52. The number of para-hydroxylation sites is 3. The van der Waals surface area contributed by atoms with Crippen molar-refractivity contribution in [2.24, 2.45) is 0 Å². The van der Waals surface area contributed by atoms with Crippen LogP contribution in [0.2, 0.25) is 0 Å². The summed E-state index contributed by atoms with van der Waals surface area (Å²) >= 11 is 0. The number of aromatic nitrogens is 5. The second kappa shape index (κ2) is 14.0. The Balaban J connectivity index is 1.12. The number of benzene rings is 9. The molecule has 0 saturated heterocycles. The van der Waals surface area contributed by atoms with Gasteiger partial charge in [-0.3, -0.25) is 4.57 Å². The van der Waals surface area contributed by atoms with Crippen molar-refractivity contribution in [3.05, 3.63) is 212 Å². The first-order valence-corrected chi connectivity index (χ1v) is 21.2. The summed E-state index contributed by atoms with van der Waals surface area (Å²) in [6.45, 7) is 0. The lowest BCUT2D eigenvalue weighted by molar-refractivity contribution is 0.670. The summed E-state index contributed by atoms with van der Waals surface area (Å²) in [5.41, 5.74) is 13.3. The normalized spacial score (nSPS) is 11.8. The van der Waals surface area contributed by atoms with E-state index in [1.807, 2.05) is 66.7 Å². The van der Waals surface area contributed by atoms with Gasteiger partial charge in [0.25, 0.3) is 0 Å². The van der Waals surface area contributed by atoms with E-state index in [0.717, 1.165) is 88.1 Å². The quantitative estimate of drug-likeness (QED) is 0.168. The van der Waals surface area contributed by atoms with E-state index in [2.05, 4.69) is 155 Å². The predicted molar refractivity (Wildman–Crippen MR) is 258 cm³/mol. The third-order valence-corrected chi connectivity index (χ3v) is 12.4. The Morgan fingerprint density at radius 1 is 0.349 bits per heavy atom. The van der Waals surface area contributed by atoms with Crippen LogP contribution in [-0.2, 0) is 0 Å². The average molecular weight is 806 g/mol. The van der Waals surface area contributed by atoms with Gasteiger partial charge in [-0.05, 0) is 53.1 Å². The standard InChI is InChI=1S/C57H35N5O/c1-4-16-36(17-5-1)37-28-30-38(31-29-37)46-34-41(35-47-43-23-12-15-27-51(43)63-54(46)47)61-48-25-13-10-22-42(48)44-32-33-50-52(53(44)61)45-24-11-14-26-49(45)62(50)57-59-55(39-18-6-2-7-19-39)58-56(60-57)40-20-8-3-9-21-40/h1-35H. The van der Waals surface area contributed by atoms with Gasteiger partial charge in [0.15, 0.2) is 11.6 Å². The molecule has 0 aliphatic carbocycles. The Bertz CT molecular complexity index is 3830. The highest BCUT2D eigenvalue weighted by Gasteiger charge is 2.24. The van der Waals surface area contributed by atoms with Crippen LogP contribution in [0.25, 0.3) is 122 Å². The van der Waals surface area contributed by atoms with Crippen LogP contribution in [0.1, 0.15) is 0 Å². The molecule has 4 aromatic heterocycles. The minimum Gasteiger partial charge on any atom is -0.455 e. The fraction of sp³-hybridized carbons (Fsp3) is 0. The molecular weight excluding hydrogens is 771 g/mol. The molecule has 0 aliphatic rings. The molecule has 13 rings (SSSR count). The van der Waals surface area contributed by atoms with Crippen LogP contribution < -0.4 is 0 Å². The molecule has 9 aromatic carbocycles. The van der Waals surface area contributed by atoms with E-state index in [1.165, 1.54) is 16.5 Å². The molecule has 0 unspecified atom stereocenters. The lowest BCUT2D eigenvalue weighted by Crippen LogP contribution is -2.06. The molecule has 294 valence electrons. The van der Waals surface area contributed by atoms with Gasteiger partial charge in [-0.1, -0.05) is 176 Å². The van der Waals surface area contributed by atoms with Crippen molar-refractivity contribution in [1.82, 2.24) is 24.1 Å². The topological polar surface area (TPSA) is 61.7 Å². The Hall–Kier alpha value is -8.61. The number of rotatable bonds is 6. The van der Waals surface area contributed by atoms with Crippen molar-refractivity contribution in [2.45, 2.75) is 0 Å². The molecule has 0 fully saturated rings. The van der Waals surface area contributed by atoms with Crippen molar-refractivity contribution >= 4 is 65.6 Å². The summed E-state index contributed by atoms with van der Waals surface area (Å²) in [6.07, 6.45) is 0. The van der Waals surface area contributed by atoms with Gasteiger partial charge in [0.05, 0.1) is 22.1 Å². The van der Waals surface area contributed by atoms with Gasteiger partial charge in [-0.15, -0.1) is 0 Å². The van der Waals surface area contributed by atoms with E-state index in [0.29, 0.717) is 17.6 Å². The molecule has 4 heterocycles. The van der Waals surface area contributed by atoms with Crippen LogP contribution >= 0.6 is 0 Å². The number of fused-ring (bicyclic) bond motifs is 10. The van der Waals surface area contributed by atoms with Gasteiger partial charge >= 0.3 is 0 Å². The van der Waals surface area contributed by atoms with Crippen molar-refractivity contribution < 1.29 is 4.42 Å². The average Bonchev–Trinajstić information content (AvgIpc) is 4.02. The molecule has 0 aliphatic heterocycles. The summed E-state index contributed by atoms with van der Waals surface area (Å²) in [5.74, 6) is 1.79. The minimum absolute atomic E-state index is 0.559. The zero-order chi connectivity index (χ0) is 41.4. The monoisotopic (exact) mass is 805 g/mol. The molecule has 0 amide bonds. The Labute approximate surface area is 361 Å². The maximum Gasteiger partial charge on any atom is 0.238 e. The van der Waals surface area contributed by atoms with Gasteiger partial charge in [-0.25, -0.2) is 4.98 Å². The molecule has 0 saturated carbocycles. The molecule has 0 radical (unpaired) electrons. The summed E-state index contributed by atoms with van der Waals surface area (Å²) in [7, 11) is 0. The summed E-state index contributed by atoms with van der Waals surface area (Å²) in [6, 6.07) is 74.4. The van der Waals surface area contributed by atoms with Gasteiger partial charge in [0, 0.05) is 54.7 Å². The molecular formula is C57H35N5O. The number of hydrogen-bond acceptors (Lipinski definition) is 4. The van der Waals surface area contributed by atoms with E-state index < -0.39 is 0 Å². The second-order valence-corrected chi connectivity index (χ2v) is 16.0. The van der Waals surface area contributed by atoms with Crippen LogP contribution in [0.3, 0.4) is 0 Å². The van der Waals surface area contributed by atoms with Crippen LogP contribution in [0.15, 0.2) is 217 Å². The summed E-state index contributed by atoms with van der Waals surface area (Å²) in [5, 5.41) is 6.72. The van der Waals surface area contributed by atoms with Gasteiger partial charge in [0.2, 0.25) is 5.95 Å². The zero-order valence-corrected chi connectivity index (χ0v) is 33.9. The molecule has 63 heavy (non-hydrogen) atoms. The highest BCUT2D eigenvalue weighted by Crippen LogP contribution is 2.44. The number of nitrogens with zero attached hydrogens (tertiary/aromatic N) is 5. The third-order valence-electron chi connectivity index (χ3n) is 12.4. The highest BCUT2D eigenvalue weighted by molar-refractivity contribution is 6.26. The molecule has 0 bridgehead atoms. The largest absolute Gasteiger partial charge is 0.455 e. The maximum atomic E-state index is 6.73. The number of furan rings is 1. The lowest BCUT2D eigenvalue weighted by Gasteiger charge is -2.13. The first kappa shape index (κ1) is 35.2. The SMILES string of the molecule is c1ccc(-c2ccc(-c3cc(-n4c5ccccc5c5ccc6c(c7ccccc7n6-c6nc(-c7ccccc7)nc(-c7ccccc7)n6)c54)cc4c3oc3ccccc34)cc2)cc1. The van der Waals surface area contributed by atoms with Crippen molar-refractivity contribution in [2.75, 3.05) is 0 Å². The summed E-state index contributed by atoms with van der Waals surface area (Å²) in [4.78, 5) is 15.5. The van der Waals surface area contributed by atoms with Crippen molar-refractivity contribution in [3.8, 4) is 56.7 Å². The predicted octanol–water partition coefficient (Wildman–Crippen LogP) is 14.6. The van der Waals surface area contributed by atoms with E-state index >= 15 is 0 Å². The van der Waals surface area contributed by atoms with E-state index in [9.17, 15) is 0 Å². The Morgan fingerprint density at radius 2 is 0.889 bits per heavy atom. The van der Waals surface area contributed by atoms with Crippen LogP contribution in [0.4, 0.5) is 0 Å². The van der Waals surface area contributed by atoms with E-state index in [4.69, 9.17) is 19.4 Å². The zero-order valence-electron chi connectivity index (χ0n) is 33.9. The van der Waals surface area contributed by atoms with Gasteiger partial charge in [-0.2, -0.15) is 9.97 Å². The van der Waals surface area contributed by atoms with Crippen molar-refractivity contribution in [1.29, 1.82) is 0 Å². The van der Waals surface area contributed by atoms with E-state index in [1.54, 1.807) is 0 Å². The van der Waals surface area contributed by atoms with Crippen LogP contribution in [0.5, 0.6) is 0 Å². The van der Waals surface area contributed by atoms with Crippen LogP contribution in [-0.4, -0.2) is 24.1 Å². The first-order valence-electron chi connectivity index (χ1n) is 21.2.